The highest BCUT2D eigenvalue weighted by Gasteiger charge is 2.24. The average Bonchev–Trinajstić information content (AvgIpc) is 2.95. The molecule has 1 amide bonds. The normalized spacial score (nSPS) is 27.0. The van der Waals surface area contributed by atoms with E-state index in [4.69, 9.17) is 4.74 Å². The van der Waals surface area contributed by atoms with E-state index in [1.807, 2.05) is 30.8 Å². The second-order valence-electron chi connectivity index (χ2n) is 6.97. The van der Waals surface area contributed by atoms with E-state index in [0.717, 1.165) is 13.1 Å². The molecule has 1 N–H and O–H groups in total. The number of carbonyl (C=O) groups is 1. The minimum absolute atomic E-state index is 0.000180. The van der Waals surface area contributed by atoms with Gasteiger partial charge in [0.2, 0.25) is 5.91 Å². The van der Waals surface area contributed by atoms with Crippen molar-refractivity contribution in [2.45, 2.75) is 64.2 Å². The maximum atomic E-state index is 12.2. The third-order valence-electron chi connectivity index (χ3n) is 4.69. The second kappa shape index (κ2) is 7.45. The molecule has 1 aromatic rings. The molecule has 1 saturated heterocycles. The number of hydrogen-bond donors (Lipinski definition) is 1. The number of nitrogens with one attached hydrogen (secondary N) is 1. The molecular formula is C17H28N4O2. The summed E-state index contributed by atoms with van der Waals surface area (Å²) < 4.78 is 7.72. The van der Waals surface area contributed by atoms with Gasteiger partial charge in [-0.2, -0.15) is 5.10 Å². The zero-order valence-electron chi connectivity index (χ0n) is 14.2. The summed E-state index contributed by atoms with van der Waals surface area (Å²) in [6.45, 7) is 6.09. The number of hydrogen-bond acceptors (Lipinski definition) is 4. The fourth-order valence-electron chi connectivity index (χ4n) is 3.75. The van der Waals surface area contributed by atoms with E-state index in [9.17, 15) is 4.79 Å². The Morgan fingerprint density at radius 3 is 2.65 bits per heavy atom. The van der Waals surface area contributed by atoms with Gasteiger partial charge in [-0.25, -0.2) is 0 Å². The van der Waals surface area contributed by atoms with Crippen LogP contribution in [0, 0.1) is 0 Å². The molecule has 6 nitrogen and oxygen atoms in total. The molecule has 0 aromatic carbocycles. The van der Waals surface area contributed by atoms with Crippen molar-refractivity contribution >= 4 is 11.7 Å². The van der Waals surface area contributed by atoms with Crippen LogP contribution < -0.4 is 5.32 Å². The molecule has 1 aromatic heterocycles. The Hall–Kier alpha value is -1.40. The first-order chi connectivity index (χ1) is 11.1. The van der Waals surface area contributed by atoms with E-state index < -0.39 is 0 Å². The average molecular weight is 320 g/mol. The van der Waals surface area contributed by atoms with Crippen LogP contribution >= 0.6 is 0 Å². The van der Waals surface area contributed by atoms with Crippen molar-refractivity contribution in [2.24, 2.45) is 0 Å². The topological polar surface area (TPSA) is 59.4 Å². The van der Waals surface area contributed by atoms with Crippen LogP contribution in [0.5, 0.6) is 0 Å². The van der Waals surface area contributed by atoms with Gasteiger partial charge in [0.25, 0.3) is 0 Å². The highest BCUT2D eigenvalue weighted by molar-refractivity contribution is 5.91. The zero-order chi connectivity index (χ0) is 16.2. The number of morpholine rings is 1. The van der Waals surface area contributed by atoms with Crippen molar-refractivity contribution in [3.63, 3.8) is 0 Å². The first kappa shape index (κ1) is 16.5. The Kier molecular flexibility index (Phi) is 5.33. The smallest absolute Gasteiger partial charge is 0.239 e. The van der Waals surface area contributed by atoms with Gasteiger partial charge in [0.05, 0.1) is 24.8 Å². The zero-order valence-corrected chi connectivity index (χ0v) is 14.2. The van der Waals surface area contributed by atoms with Crippen molar-refractivity contribution in [3.8, 4) is 0 Å². The van der Waals surface area contributed by atoms with E-state index in [2.05, 4.69) is 15.3 Å². The predicted octanol–water partition coefficient (Wildman–Crippen LogP) is 2.44. The maximum Gasteiger partial charge on any atom is 0.239 e. The number of rotatable bonds is 4. The van der Waals surface area contributed by atoms with Gasteiger partial charge in [-0.3, -0.25) is 14.4 Å². The summed E-state index contributed by atoms with van der Waals surface area (Å²) in [5.74, 6) is 0.662. The minimum Gasteiger partial charge on any atom is -0.373 e. The molecule has 2 fully saturated rings. The van der Waals surface area contributed by atoms with Crippen LogP contribution in [0.4, 0.5) is 5.82 Å². The molecule has 2 unspecified atom stereocenters. The number of ether oxygens (including phenoxy) is 1. The molecule has 2 aliphatic rings. The summed E-state index contributed by atoms with van der Waals surface area (Å²) >= 11 is 0. The van der Waals surface area contributed by atoms with Crippen LogP contribution in [-0.2, 0) is 9.53 Å². The van der Waals surface area contributed by atoms with Gasteiger partial charge in [-0.15, -0.1) is 0 Å². The predicted molar refractivity (Wildman–Crippen MR) is 89.4 cm³/mol. The standard InChI is InChI=1S/C17H28N4O2/c1-13-10-20(11-14(2)23-13)12-17(22)18-16-8-9-21(19-16)15-6-4-3-5-7-15/h8-9,13-15H,3-7,10-12H2,1-2H3,(H,18,19,22). The summed E-state index contributed by atoms with van der Waals surface area (Å²) in [5, 5.41) is 7.46. The van der Waals surface area contributed by atoms with E-state index in [0.29, 0.717) is 18.4 Å². The van der Waals surface area contributed by atoms with Gasteiger partial charge in [0, 0.05) is 25.4 Å². The minimum atomic E-state index is 0.000180. The molecule has 0 radical (unpaired) electrons. The van der Waals surface area contributed by atoms with Crippen molar-refractivity contribution in [1.29, 1.82) is 0 Å². The van der Waals surface area contributed by atoms with Crippen LogP contribution in [0.15, 0.2) is 12.3 Å². The number of aromatic nitrogens is 2. The van der Waals surface area contributed by atoms with Crippen LogP contribution in [0.3, 0.4) is 0 Å². The molecule has 0 spiro atoms. The van der Waals surface area contributed by atoms with Gasteiger partial charge < -0.3 is 10.1 Å². The first-order valence-electron chi connectivity index (χ1n) is 8.83. The van der Waals surface area contributed by atoms with Crippen LogP contribution in [0.1, 0.15) is 52.0 Å². The lowest BCUT2D eigenvalue weighted by molar-refractivity contribution is -0.121. The molecule has 0 bridgehead atoms. The third kappa shape index (κ3) is 4.54. The lowest BCUT2D eigenvalue weighted by atomic mass is 9.96. The molecule has 2 atom stereocenters. The van der Waals surface area contributed by atoms with Gasteiger partial charge in [0.15, 0.2) is 5.82 Å². The SMILES string of the molecule is CC1CN(CC(=O)Nc2ccn(C3CCCCC3)n2)CC(C)O1. The Bertz CT molecular complexity index is 514. The van der Waals surface area contributed by atoms with Gasteiger partial charge in [-0.05, 0) is 26.7 Å². The Balaban J connectivity index is 1.50. The first-order valence-corrected chi connectivity index (χ1v) is 8.83. The number of nitrogens with zero attached hydrogens (tertiary/aromatic N) is 3. The number of carbonyl (C=O) groups excluding carboxylic acids is 1. The summed E-state index contributed by atoms with van der Waals surface area (Å²) in [6.07, 6.45) is 8.62. The maximum absolute atomic E-state index is 12.2. The Labute approximate surface area is 138 Å². The molecule has 23 heavy (non-hydrogen) atoms. The Morgan fingerprint density at radius 2 is 1.96 bits per heavy atom. The van der Waals surface area contributed by atoms with Crippen LogP contribution in [0.25, 0.3) is 0 Å². The van der Waals surface area contributed by atoms with Crippen molar-refractivity contribution in [3.05, 3.63) is 12.3 Å². The molecule has 1 aliphatic carbocycles. The highest BCUT2D eigenvalue weighted by atomic mass is 16.5. The quantitative estimate of drug-likeness (QED) is 0.926. The number of anilines is 1. The van der Waals surface area contributed by atoms with Gasteiger partial charge >= 0.3 is 0 Å². The van der Waals surface area contributed by atoms with Crippen LogP contribution in [0.2, 0.25) is 0 Å². The molecule has 3 rings (SSSR count). The summed E-state index contributed by atoms with van der Waals surface area (Å²) in [4.78, 5) is 14.4. The lowest BCUT2D eigenvalue weighted by Gasteiger charge is -2.34. The lowest BCUT2D eigenvalue weighted by Crippen LogP contribution is -2.48. The van der Waals surface area contributed by atoms with Crippen LogP contribution in [-0.4, -0.2) is 52.4 Å². The molecule has 128 valence electrons. The fraction of sp³-hybridized carbons (Fsp3) is 0.765. The summed E-state index contributed by atoms with van der Waals surface area (Å²) in [6, 6.07) is 2.40. The molecule has 2 heterocycles. The van der Waals surface area contributed by atoms with Gasteiger partial charge in [0.1, 0.15) is 0 Å². The van der Waals surface area contributed by atoms with E-state index in [-0.39, 0.29) is 18.1 Å². The van der Waals surface area contributed by atoms with Crippen molar-refractivity contribution in [1.82, 2.24) is 14.7 Å². The van der Waals surface area contributed by atoms with E-state index >= 15 is 0 Å². The molecular weight excluding hydrogens is 292 g/mol. The second-order valence-corrected chi connectivity index (χ2v) is 6.97. The molecule has 1 aliphatic heterocycles. The highest BCUT2D eigenvalue weighted by Crippen LogP contribution is 2.27. The molecule has 1 saturated carbocycles. The largest absolute Gasteiger partial charge is 0.373 e. The third-order valence-corrected chi connectivity index (χ3v) is 4.69. The summed E-state index contributed by atoms with van der Waals surface area (Å²) in [5.41, 5.74) is 0. The molecule has 6 heteroatoms. The number of amides is 1. The monoisotopic (exact) mass is 320 g/mol. The van der Waals surface area contributed by atoms with Crippen molar-refractivity contribution < 1.29 is 9.53 Å². The van der Waals surface area contributed by atoms with E-state index in [1.54, 1.807) is 0 Å². The Morgan fingerprint density at radius 1 is 1.26 bits per heavy atom. The fourth-order valence-corrected chi connectivity index (χ4v) is 3.75. The van der Waals surface area contributed by atoms with Crippen molar-refractivity contribution in [2.75, 3.05) is 25.0 Å². The summed E-state index contributed by atoms with van der Waals surface area (Å²) in [7, 11) is 0. The van der Waals surface area contributed by atoms with E-state index in [1.165, 1.54) is 32.1 Å². The van der Waals surface area contributed by atoms with Gasteiger partial charge in [-0.1, -0.05) is 19.3 Å².